The molecule has 6 nitrogen and oxygen atoms in total. The molecular weight excluding hydrogens is 348 g/mol. The predicted octanol–water partition coefficient (Wildman–Crippen LogP) is 2.40. The van der Waals surface area contributed by atoms with Gasteiger partial charge in [-0.25, -0.2) is 8.42 Å². The number of rotatable bonds is 8. The van der Waals surface area contributed by atoms with E-state index in [0.717, 1.165) is 24.4 Å². The average Bonchev–Trinajstić information content (AvgIpc) is 2.97. The van der Waals surface area contributed by atoms with Crippen LogP contribution in [0.2, 0.25) is 0 Å². The molecule has 0 radical (unpaired) electrons. The number of aromatic amines is 1. The molecular formula is C19H30N4O2S. The third kappa shape index (κ3) is 6.05. The average molecular weight is 379 g/mol. The van der Waals surface area contributed by atoms with Gasteiger partial charge < -0.3 is 15.6 Å². The van der Waals surface area contributed by atoms with Crippen LogP contribution in [0.4, 0.5) is 0 Å². The molecule has 0 fully saturated rings. The standard InChI is InChI=1S/C19H30N4O2S/c1-5-20-19(23-15(3)10-12-26(4,24)25)21-11-9-16-13-22-17-8-6-7-14(2)18(16)17/h6-8,13,15,22H,5,9-12H2,1-4H3,(H2,20,21,23). The van der Waals surface area contributed by atoms with E-state index in [2.05, 4.69) is 51.9 Å². The van der Waals surface area contributed by atoms with Crippen molar-refractivity contribution in [1.82, 2.24) is 15.6 Å². The summed E-state index contributed by atoms with van der Waals surface area (Å²) in [5.41, 5.74) is 3.69. The molecule has 0 aliphatic rings. The van der Waals surface area contributed by atoms with Crippen molar-refractivity contribution in [2.45, 2.75) is 39.7 Å². The Balaban J connectivity index is 1.97. The van der Waals surface area contributed by atoms with Gasteiger partial charge in [-0.2, -0.15) is 0 Å². The Bertz CT molecular complexity index is 856. The van der Waals surface area contributed by atoms with Crippen LogP contribution < -0.4 is 10.6 Å². The third-order valence-electron chi connectivity index (χ3n) is 4.30. The van der Waals surface area contributed by atoms with E-state index < -0.39 is 9.84 Å². The number of guanidine groups is 1. The highest BCUT2D eigenvalue weighted by atomic mass is 32.2. The van der Waals surface area contributed by atoms with Crippen LogP contribution in [-0.4, -0.2) is 50.5 Å². The molecule has 7 heteroatoms. The van der Waals surface area contributed by atoms with Gasteiger partial charge in [-0.05, 0) is 50.8 Å². The highest BCUT2D eigenvalue weighted by Gasteiger charge is 2.10. The number of aryl methyl sites for hydroxylation is 1. The Morgan fingerprint density at radius 3 is 2.81 bits per heavy atom. The fourth-order valence-corrected chi connectivity index (χ4v) is 3.73. The maximum Gasteiger partial charge on any atom is 0.191 e. The number of fused-ring (bicyclic) bond motifs is 1. The largest absolute Gasteiger partial charge is 0.361 e. The summed E-state index contributed by atoms with van der Waals surface area (Å²) in [6.07, 6.45) is 4.73. The van der Waals surface area contributed by atoms with E-state index in [1.165, 1.54) is 22.8 Å². The van der Waals surface area contributed by atoms with Crippen molar-refractivity contribution in [2.75, 3.05) is 25.1 Å². The van der Waals surface area contributed by atoms with Gasteiger partial charge >= 0.3 is 0 Å². The summed E-state index contributed by atoms with van der Waals surface area (Å²) in [7, 11) is -2.94. The molecule has 1 atom stereocenters. The zero-order chi connectivity index (χ0) is 19.2. The Morgan fingerprint density at radius 1 is 1.35 bits per heavy atom. The van der Waals surface area contributed by atoms with Crippen molar-refractivity contribution in [1.29, 1.82) is 0 Å². The number of nitrogens with one attached hydrogen (secondary N) is 3. The number of hydrogen-bond donors (Lipinski definition) is 3. The molecule has 0 aliphatic carbocycles. The molecule has 0 spiro atoms. The lowest BCUT2D eigenvalue weighted by Crippen LogP contribution is -2.43. The molecule has 1 aromatic heterocycles. The SMILES string of the molecule is CCNC(=NCCc1c[nH]c2cccc(C)c12)NC(C)CCS(C)(=O)=O. The Morgan fingerprint density at radius 2 is 2.12 bits per heavy atom. The topological polar surface area (TPSA) is 86.3 Å². The van der Waals surface area contributed by atoms with Crippen molar-refractivity contribution in [3.8, 4) is 0 Å². The Labute approximate surface area is 156 Å². The van der Waals surface area contributed by atoms with E-state index >= 15 is 0 Å². The number of hydrogen-bond acceptors (Lipinski definition) is 3. The second-order valence-electron chi connectivity index (χ2n) is 6.79. The second kappa shape index (κ2) is 9.07. The molecule has 0 amide bonds. The molecule has 1 heterocycles. The van der Waals surface area contributed by atoms with Crippen LogP contribution in [0.5, 0.6) is 0 Å². The summed E-state index contributed by atoms with van der Waals surface area (Å²) in [5, 5.41) is 7.79. The van der Waals surface area contributed by atoms with Gasteiger partial charge in [-0.3, -0.25) is 4.99 Å². The van der Waals surface area contributed by atoms with E-state index in [-0.39, 0.29) is 11.8 Å². The smallest absolute Gasteiger partial charge is 0.191 e. The van der Waals surface area contributed by atoms with Crippen LogP contribution >= 0.6 is 0 Å². The summed E-state index contributed by atoms with van der Waals surface area (Å²) in [6, 6.07) is 6.31. The minimum atomic E-state index is -2.94. The van der Waals surface area contributed by atoms with Gasteiger partial charge in [0.1, 0.15) is 9.84 Å². The predicted molar refractivity (Wildman–Crippen MR) is 110 cm³/mol. The number of nitrogens with zero attached hydrogens (tertiary/aromatic N) is 1. The van der Waals surface area contributed by atoms with Crippen molar-refractivity contribution in [2.24, 2.45) is 4.99 Å². The summed E-state index contributed by atoms with van der Waals surface area (Å²) in [5.74, 6) is 0.903. The molecule has 26 heavy (non-hydrogen) atoms. The van der Waals surface area contributed by atoms with Crippen molar-refractivity contribution >= 4 is 26.7 Å². The minimum absolute atomic E-state index is 0.0397. The monoisotopic (exact) mass is 378 g/mol. The normalized spacial score (nSPS) is 13.8. The van der Waals surface area contributed by atoms with E-state index in [1.54, 1.807) is 0 Å². The second-order valence-corrected chi connectivity index (χ2v) is 9.05. The molecule has 144 valence electrons. The van der Waals surface area contributed by atoms with Crippen LogP contribution in [0.3, 0.4) is 0 Å². The highest BCUT2D eigenvalue weighted by Crippen LogP contribution is 2.22. The summed E-state index contributed by atoms with van der Waals surface area (Å²) < 4.78 is 22.6. The fraction of sp³-hybridized carbons (Fsp3) is 0.526. The number of sulfone groups is 1. The van der Waals surface area contributed by atoms with Gasteiger partial charge in [0.2, 0.25) is 0 Å². The number of aliphatic imine (C=N–C) groups is 1. The van der Waals surface area contributed by atoms with Crippen LogP contribution in [0.25, 0.3) is 10.9 Å². The Hall–Kier alpha value is -2.02. The first-order valence-electron chi connectivity index (χ1n) is 9.08. The van der Waals surface area contributed by atoms with Gasteiger partial charge in [0.25, 0.3) is 0 Å². The van der Waals surface area contributed by atoms with Gasteiger partial charge in [-0.15, -0.1) is 0 Å². The van der Waals surface area contributed by atoms with E-state index in [1.807, 2.05) is 13.8 Å². The first-order chi connectivity index (χ1) is 12.3. The van der Waals surface area contributed by atoms with Crippen LogP contribution in [0.1, 0.15) is 31.4 Å². The number of aromatic nitrogens is 1. The highest BCUT2D eigenvalue weighted by molar-refractivity contribution is 7.90. The number of H-pyrrole nitrogens is 1. The minimum Gasteiger partial charge on any atom is -0.361 e. The lowest BCUT2D eigenvalue weighted by Gasteiger charge is -2.17. The first-order valence-corrected chi connectivity index (χ1v) is 11.1. The van der Waals surface area contributed by atoms with E-state index in [4.69, 9.17) is 0 Å². The summed E-state index contributed by atoms with van der Waals surface area (Å²) >= 11 is 0. The zero-order valence-corrected chi connectivity index (χ0v) is 16.9. The maximum absolute atomic E-state index is 11.3. The molecule has 0 aliphatic heterocycles. The summed E-state index contributed by atoms with van der Waals surface area (Å²) in [6.45, 7) is 7.53. The molecule has 0 bridgehead atoms. The van der Waals surface area contributed by atoms with Crippen LogP contribution in [0, 0.1) is 6.92 Å². The van der Waals surface area contributed by atoms with Gasteiger partial charge in [-0.1, -0.05) is 12.1 Å². The van der Waals surface area contributed by atoms with Gasteiger partial charge in [0, 0.05) is 42.5 Å². The van der Waals surface area contributed by atoms with Crippen molar-refractivity contribution in [3.05, 3.63) is 35.5 Å². The quantitative estimate of drug-likeness (QED) is 0.486. The van der Waals surface area contributed by atoms with Crippen LogP contribution in [-0.2, 0) is 16.3 Å². The number of benzene rings is 1. The molecule has 0 saturated carbocycles. The summed E-state index contributed by atoms with van der Waals surface area (Å²) in [4.78, 5) is 7.96. The molecule has 2 rings (SSSR count). The molecule has 0 saturated heterocycles. The van der Waals surface area contributed by atoms with Crippen molar-refractivity contribution < 1.29 is 8.42 Å². The zero-order valence-electron chi connectivity index (χ0n) is 16.1. The van der Waals surface area contributed by atoms with Crippen LogP contribution in [0.15, 0.2) is 29.4 Å². The lowest BCUT2D eigenvalue weighted by atomic mass is 10.1. The Kier molecular flexibility index (Phi) is 7.08. The van der Waals surface area contributed by atoms with Crippen molar-refractivity contribution in [3.63, 3.8) is 0 Å². The molecule has 1 aromatic carbocycles. The van der Waals surface area contributed by atoms with E-state index in [9.17, 15) is 8.42 Å². The first kappa shape index (κ1) is 20.3. The lowest BCUT2D eigenvalue weighted by molar-refractivity contribution is 0.581. The third-order valence-corrected chi connectivity index (χ3v) is 5.27. The van der Waals surface area contributed by atoms with E-state index in [0.29, 0.717) is 13.0 Å². The van der Waals surface area contributed by atoms with Gasteiger partial charge in [0.15, 0.2) is 5.96 Å². The molecule has 3 N–H and O–H groups in total. The maximum atomic E-state index is 11.3. The molecule has 1 unspecified atom stereocenters. The fourth-order valence-electron chi connectivity index (χ4n) is 2.95. The molecule has 2 aromatic rings. The van der Waals surface area contributed by atoms with Gasteiger partial charge in [0.05, 0.1) is 5.75 Å².